The molecule has 0 spiro atoms. The summed E-state index contributed by atoms with van der Waals surface area (Å²) < 4.78 is 5.79. The van der Waals surface area contributed by atoms with E-state index in [2.05, 4.69) is 9.97 Å². The van der Waals surface area contributed by atoms with Gasteiger partial charge in [-0.25, -0.2) is 10.5 Å². The highest BCUT2D eigenvalue weighted by molar-refractivity contribution is 5.96. The first-order valence-electron chi connectivity index (χ1n) is 9.26. The molecule has 1 heterocycles. The van der Waals surface area contributed by atoms with Crippen LogP contribution in [0, 0.1) is 0 Å². The lowest BCUT2D eigenvalue weighted by molar-refractivity contribution is 0.0706. The number of amides is 1. The van der Waals surface area contributed by atoms with Gasteiger partial charge in [0.05, 0.1) is 17.0 Å². The second-order valence-corrected chi connectivity index (χ2v) is 6.92. The Morgan fingerprint density at radius 3 is 2.70 bits per heavy atom. The van der Waals surface area contributed by atoms with Crippen molar-refractivity contribution in [2.75, 3.05) is 0 Å². The first-order chi connectivity index (χ1) is 14.4. The van der Waals surface area contributed by atoms with Crippen LogP contribution in [0.15, 0.2) is 59.4 Å². The van der Waals surface area contributed by atoms with Gasteiger partial charge in [0, 0.05) is 5.56 Å². The van der Waals surface area contributed by atoms with Crippen LogP contribution in [0.1, 0.15) is 34.8 Å². The largest absolute Gasteiger partial charge is 0.486 e. The Labute approximate surface area is 170 Å². The molecule has 4 rings (SSSR count). The number of hydroxylamine groups is 1. The van der Waals surface area contributed by atoms with Crippen LogP contribution in [-0.2, 0) is 6.61 Å². The number of benzene rings is 3. The average Bonchev–Trinajstić information content (AvgIpc) is 2.76. The summed E-state index contributed by atoms with van der Waals surface area (Å²) in [5.74, 6) is 0.192. The summed E-state index contributed by atoms with van der Waals surface area (Å²) in [5.41, 5.74) is 2.51. The highest BCUT2D eigenvalue weighted by atomic mass is 16.5. The molecule has 152 valence electrons. The molecule has 0 aliphatic heterocycles. The van der Waals surface area contributed by atoms with Gasteiger partial charge in [-0.3, -0.25) is 14.8 Å². The Balaban J connectivity index is 1.61. The topological polar surface area (TPSA) is 125 Å². The van der Waals surface area contributed by atoms with E-state index in [1.807, 2.05) is 36.4 Å². The van der Waals surface area contributed by atoms with Gasteiger partial charge in [0.15, 0.2) is 0 Å². The van der Waals surface area contributed by atoms with E-state index >= 15 is 0 Å². The Bertz CT molecular complexity index is 1310. The van der Waals surface area contributed by atoms with Crippen molar-refractivity contribution in [1.82, 2.24) is 15.4 Å². The molecule has 0 fully saturated rings. The van der Waals surface area contributed by atoms with Gasteiger partial charge >= 0.3 is 0 Å². The van der Waals surface area contributed by atoms with E-state index in [4.69, 9.17) is 9.94 Å². The van der Waals surface area contributed by atoms with E-state index in [9.17, 15) is 14.7 Å². The minimum atomic E-state index is -0.690. The quantitative estimate of drug-likeness (QED) is 0.299. The maximum atomic E-state index is 12.3. The third kappa shape index (κ3) is 3.86. The highest BCUT2D eigenvalue weighted by Crippen LogP contribution is 2.25. The molecule has 1 amide bonds. The predicted molar refractivity (Wildman–Crippen MR) is 111 cm³/mol. The van der Waals surface area contributed by atoms with Crippen molar-refractivity contribution >= 4 is 27.6 Å². The molecule has 3 aromatic carbocycles. The van der Waals surface area contributed by atoms with Gasteiger partial charge in [-0.15, -0.1) is 0 Å². The zero-order chi connectivity index (χ0) is 21.3. The summed E-state index contributed by atoms with van der Waals surface area (Å²) in [7, 11) is 0. The summed E-state index contributed by atoms with van der Waals surface area (Å²) in [6.45, 7) is 1.72. The second-order valence-electron chi connectivity index (χ2n) is 6.92. The number of aromatic nitrogens is 2. The van der Waals surface area contributed by atoms with Crippen LogP contribution in [0.3, 0.4) is 0 Å². The first kappa shape index (κ1) is 19.6. The van der Waals surface area contributed by atoms with Crippen LogP contribution in [0.5, 0.6) is 5.75 Å². The van der Waals surface area contributed by atoms with Gasteiger partial charge in [-0.2, -0.15) is 0 Å². The zero-order valence-corrected chi connectivity index (χ0v) is 16.0. The van der Waals surface area contributed by atoms with Crippen LogP contribution in [0.2, 0.25) is 0 Å². The number of fused-ring (bicyclic) bond motifs is 2. The van der Waals surface area contributed by atoms with E-state index in [0.29, 0.717) is 22.5 Å². The minimum absolute atomic E-state index is 0.0171. The van der Waals surface area contributed by atoms with Crippen LogP contribution in [0.4, 0.5) is 0 Å². The summed E-state index contributed by atoms with van der Waals surface area (Å²) in [4.78, 5) is 30.9. The van der Waals surface area contributed by atoms with Crippen LogP contribution in [-0.4, -0.2) is 26.2 Å². The molecule has 0 bridgehead atoms. The Morgan fingerprint density at radius 1 is 1.13 bits per heavy atom. The second kappa shape index (κ2) is 7.94. The fourth-order valence-electron chi connectivity index (χ4n) is 3.21. The number of H-pyrrole nitrogens is 1. The van der Waals surface area contributed by atoms with Crippen molar-refractivity contribution in [3.05, 3.63) is 81.9 Å². The Kier molecular flexibility index (Phi) is 5.18. The average molecular weight is 405 g/mol. The molecular formula is C22H19N3O5. The number of hydrogen-bond donors (Lipinski definition) is 4. The lowest BCUT2D eigenvalue weighted by atomic mass is 10.0. The van der Waals surface area contributed by atoms with Gasteiger partial charge in [-0.05, 0) is 59.7 Å². The smallest absolute Gasteiger partial charge is 0.274 e. The van der Waals surface area contributed by atoms with E-state index in [1.165, 1.54) is 18.2 Å². The maximum absolute atomic E-state index is 12.3. The van der Waals surface area contributed by atoms with Crippen LogP contribution >= 0.6 is 0 Å². The normalized spacial score (nSPS) is 12.1. The van der Waals surface area contributed by atoms with E-state index in [-0.39, 0.29) is 17.7 Å². The molecule has 0 aliphatic rings. The first-order valence-corrected chi connectivity index (χ1v) is 9.26. The number of carbonyl (C=O) groups excluding carboxylic acids is 1. The van der Waals surface area contributed by atoms with Gasteiger partial charge in [-0.1, -0.05) is 18.2 Å². The Hall–Kier alpha value is -3.75. The molecule has 8 nitrogen and oxygen atoms in total. The van der Waals surface area contributed by atoms with E-state index in [1.54, 1.807) is 12.4 Å². The number of aromatic amines is 1. The number of nitrogens with zero attached hydrogens (tertiary/aromatic N) is 1. The number of nitrogens with one attached hydrogen (secondary N) is 2. The number of hydrogen-bond acceptors (Lipinski definition) is 6. The van der Waals surface area contributed by atoms with Crippen molar-refractivity contribution in [3.63, 3.8) is 0 Å². The molecule has 0 saturated heterocycles. The summed E-state index contributed by atoms with van der Waals surface area (Å²) >= 11 is 0. The molecule has 8 heteroatoms. The summed E-state index contributed by atoms with van der Waals surface area (Å²) in [6, 6.07) is 15.6. The highest BCUT2D eigenvalue weighted by Gasteiger charge is 2.10. The SMILES string of the molecule is CC(O)c1ccc2ccc(OCc3nc4cc(C(=O)NO)ccc4c(=O)[nH]3)cc2c1. The standard InChI is InChI=1S/C22H19N3O5/c1-12(26)14-3-2-13-4-6-17(9-16(13)8-14)30-11-20-23-19-10-15(21(27)25-29)5-7-18(19)22(28)24-20/h2-10,12,26,29H,11H2,1H3,(H,25,27)(H,23,24,28). The fraction of sp³-hybridized carbons (Fsp3) is 0.136. The van der Waals surface area contributed by atoms with Crippen molar-refractivity contribution in [3.8, 4) is 5.75 Å². The third-order valence-corrected chi connectivity index (χ3v) is 4.81. The lowest BCUT2D eigenvalue weighted by Crippen LogP contribution is -2.19. The third-order valence-electron chi connectivity index (χ3n) is 4.81. The number of aliphatic hydroxyl groups is 1. The predicted octanol–water partition coefficient (Wildman–Crippen LogP) is 2.83. The molecule has 1 atom stereocenters. The number of carbonyl (C=O) groups is 1. The van der Waals surface area contributed by atoms with Crippen molar-refractivity contribution in [2.45, 2.75) is 19.6 Å². The van der Waals surface area contributed by atoms with Gasteiger partial charge < -0.3 is 14.8 Å². The van der Waals surface area contributed by atoms with Crippen LogP contribution < -0.4 is 15.8 Å². The molecule has 0 saturated carbocycles. The van der Waals surface area contributed by atoms with E-state index < -0.39 is 12.0 Å². The molecular weight excluding hydrogens is 386 g/mol. The summed E-state index contributed by atoms with van der Waals surface area (Å²) in [5, 5.41) is 20.8. The Morgan fingerprint density at radius 2 is 1.93 bits per heavy atom. The summed E-state index contributed by atoms with van der Waals surface area (Å²) in [6.07, 6.45) is -0.566. The molecule has 0 radical (unpaired) electrons. The van der Waals surface area contributed by atoms with Gasteiger partial charge in [0.25, 0.3) is 11.5 Å². The van der Waals surface area contributed by atoms with Gasteiger partial charge in [0.2, 0.25) is 0 Å². The number of ether oxygens (including phenoxy) is 1. The maximum Gasteiger partial charge on any atom is 0.274 e. The lowest BCUT2D eigenvalue weighted by Gasteiger charge is -2.10. The molecule has 1 unspecified atom stereocenters. The molecule has 4 N–H and O–H groups in total. The van der Waals surface area contributed by atoms with Crippen molar-refractivity contribution < 1.29 is 19.8 Å². The van der Waals surface area contributed by atoms with Crippen LogP contribution in [0.25, 0.3) is 21.7 Å². The van der Waals surface area contributed by atoms with Gasteiger partial charge in [0.1, 0.15) is 18.2 Å². The molecule has 0 aliphatic carbocycles. The molecule has 30 heavy (non-hydrogen) atoms. The van der Waals surface area contributed by atoms with E-state index in [0.717, 1.165) is 16.3 Å². The monoisotopic (exact) mass is 405 g/mol. The fourth-order valence-corrected chi connectivity index (χ4v) is 3.21. The molecule has 4 aromatic rings. The number of aliphatic hydroxyl groups excluding tert-OH is 1. The van der Waals surface area contributed by atoms with Crippen molar-refractivity contribution in [1.29, 1.82) is 0 Å². The van der Waals surface area contributed by atoms with Crippen molar-refractivity contribution in [2.24, 2.45) is 0 Å². The molecule has 1 aromatic heterocycles. The minimum Gasteiger partial charge on any atom is -0.486 e. The zero-order valence-electron chi connectivity index (χ0n) is 16.0. The number of rotatable bonds is 5.